The Bertz CT molecular complexity index is 975. The van der Waals surface area contributed by atoms with E-state index >= 15 is 0 Å². The van der Waals surface area contributed by atoms with Gasteiger partial charge in [0.15, 0.2) is 5.76 Å². The van der Waals surface area contributed by atoms with E-state index in [9.17, 15) is 9.59 Å². The highest BCUT2D eigenvalue weighted by Gasteiger charge is 2.13. The van der Waals surface area contributed by atoms with E-state index in [1.807, 2.05) is 24.3 Å². The Morgan fingerprint density at radius 3 is 2.50 bits per heavy atom. The van der Waals surface area contributed by atoms with E-state index in [4.69, 9.17) is 16.0 Å². The third-order valence-electron chi connectivity index (χ3n) is 3.89. The summed E-state index contributed by atoms with van der Waals surface area (Å²) >= 11 is 9.61. The molecule has 0 saturated carbocycles. The van der Waals surface area contributed by atoms with Crippen molar-refractivity contribution in [2.24, 2.45) is 0 Å². The van der Waals surface area contributed by atoms with Crippen LogP contribution in [0.4, 0.5) is 16.2 Å². The molecule has 0 atom stereocenters. The van der Waals surface area contributed by atoms with Gasteiger partial charge in [0, 0.05) is 23.8 Å². The molecule has 0 saturated heterocycles. The predicted octanol–water partition coefficient (Wildman–Crippen LogP) is 5.61. The zero-order valence-electron chi connectivity index (χ0n) is 14.9. The molecule has 2 N–H and O–H groups in total. The summed E-state index contributed by atoms with van der Waals surface area (Å²) in [6.07, 6.45) is 1.42. The van der Waals surface area contributed by atoms with Crippen LogP contribution in [0.25, 0.3) is 0 Å². The minimum atomic E-state index is -0.405. The van der Waals surface area contributed by atoms with Gasteiger partial charge in [-0.2, -0.15) is 0 Å². The number of amides is 3. The molecular weight excluding hydrogens is 446 g/mol. The van der Waals surface area contributed by atoms with Gasteiger partial charge in [0.05, 0.1) is 17.0 Å². The van der Waals surface area contributed by atoms with Crippen molar-refractivity contribution in [1.82, 2.24) is 4.90 Å². The number of benzene rings is 2. The lowest BCUT2D eigenvalue weighted by Crippen LogP contribution is -2.30. The van der Waals surface area contributed by atoms with Gasteiger partial charge in [-0.3, -0.25) is 4.79 Å². The summed E-state index contributed by atoms with van der Waals surface area (Å²) in [6, 6.07) is 15.5. The van der Waals surface area contributed by atoms with E-state index in [0.717, 1.165) is 10.0 Å². The molecule has 144 valence electrons. The van der Waals surface area contributed by atoms with Gasteiger partial charge in [-0.25, -0.2) is 4.79 Å². The summed E-state index contributed by atoms with van der Waals surface area (Å²) in [5.41, 5.74) is 1.95. The molecule has 3 aromatic rings. The van der Waals surface area contributed by atoms with Crippen molar-refractivity contribution in [3.05, 3.63) is 81.7 Å². The lowest BCUT2D eigenvalue weighted by Gasteiger charge is -2.18. The molecule has 0 unspecified atom stereocenters. The third-order valence-corrected chi connectivity index (χ3v) is 4.73. The molecule has 0 radical (unpaired) electrons. The summed E-state index contributed by atoms with van der Waals surface area (Å²) in [5.74, 6) is -0.221. The predicted molar refractivity (Wildman–Crippen MR) is 113 cm³/mol. The quantitative estimate of drug-likeness (QED) is 0.517. The molecular formula is C20H17BrClN3O3. The SMILES string of the molecule is CN(Cc1ccc(Br)cc1)C(=O)Nc1ccc(NC(=O)c2ccco2)c(Cl)c1. The second-order valence-corrected chi connectivity index (χ2v) is 7.36. The minimum absolute atomic E-state index is 0.183. The topological polar surface area (TPSA) is 74.6 Å². The van der Waals surface area contributed by atoms with E-state index in [0.29, 0.717) is 22.9 Å². The fourth-order valence-electron chi connectivity index (χ4n) is 2.44. The van der Waals surface area contributed by atoms with E-state index in [2.05, 4.69) is 26.6 Å². The van der Waals surface area contributed by atoms with Gasteiger partial charge in [0.1, 0.15) is 0 Å². The third kappa shape index (κ3) is 5.15. The van der Waals surface area contributed by atoms with Gasteiger partial charge < -0.3 is 20.0 Å². The lowest BCUT2D eigenvalue weighted by atomic mass is 10.2. The molecule has 0 aliphatic rings. The fourth-order valence-corrected chi connectivity index (χ4v) is 2.93. The van der Waals surface area contributed by atoms with Crippen LogP contribution in [0.3, 0.4) is 0 Å². The van der Waals surface area contributed by atoms with Crippen LogP contribution in [0.1, 0.15) is 16.1 Å². The summed E-state index contributed by atoms with van der Waals surface area (Å²) in [6.45, 7) is 0.462. The molecule has 1 heterocycles. The van der Waals surface area contributed by atoms with E-state index in [-0.39, 0.29) is 11.8 Å². The molecule has 0 aliphatic carbocycles. The second kappa shape index (κ2) is 8.95. The van der Waals surface area contributed by atoms with E-state index in [1.54, 1.807) is 42.3 Å². The van der Waals surface area contributed by atoms with Crippen molar-refractivity contribution < 1.29 is 14.0 Å². The first kappa shape index (κ1) is 20.0. The highest BCUT2D eigenvalue weighted by atomic mass is 79.9. The maximum Gasteiger partial charge on any atom is 0.321 e. The molecule has 6 nitrogen and oxygen atoms in total. The molecule has 28 heavy (non-hydrogen) atoms. The maximum atomic E-state index is 12.4. The van der Waals surface area contributed by atoms with Gasteiger partial charge in [-0.05, 0) is 48.0 Å². The number of furan rings is 1. The molecule has 3 amide bonds. The monoisotopic (exact) mass is 461 g/mol. The summed E-state index contributed by atoms with van der Waals surface area (Å²) in [4.78, 5) is 26.0. The van der Waals surface area contributed by atoms with Crippen molar-refractivity contribution in [2.75, 3.05) is 17.7 Å². The number of halogens is 2. The Kier molecular flexibility index (Phi) is 6.38. The highest BCUT2D eigenvalue weighted by Crippen LogP contribution is 2.26. The molecule has 1 aromatic heterocycles. The number of nitrogens with zero attached hydrogens (tertiary/aromatic N) is 1. The zero-order valence-corrected chi connectivity index (χ0v) is 17.3. The Morgan fingerprint density at radius 1 is 1.11 bits per heavy atom. The average molecular weight is 463 g/mol. The van der Waals surface area contributed by atoms with Gasteiger partial charge >= 0.3 is 6.03 Å². The zero-order chi connectivity index (χ0) is 20.1. The number of urea groups is 1. The largest absolute Gasteiger partial charge is 0.459 e. The van der Waals surface area contributed by atoms with Crippen LogP contribution in [0, 0.1) is 0 Å². The van der Waals surface area contributed by atoms with Crippen molar-refractivity contribution >= 4 is 50.8 Å². The first-order chi connectivity index (χ1) is 13.4. The number of carbonyl (C=O) groups excluding carboxylic acids is 2. The van der Waals surface area contributed by atoms with Crippen molar-refractivity contribution in [1.29, 1.82) is 0 Å². The molecule has 3 rings (SSSR count). The van der Waals surface area contributed by atoms with Crippen molar-refractivity contribution in [3.63, 3.8) is 0 Å². The first-order valence-electron chi connectivity index (χ1n) is 8.33. The fraction of sp³-hybridized carbons (Fsp3) is 0.100. The Balaban J connectivity index is 1.60. The Hall–Kier alpha value is -2.77. The number of hydrogen-bond acceptors (Lipinski definition) is 3. The van der Waals surface area contributed by atoms with Crippen LogP contribution < -0.4 is 10.6 Å². The van der Waals surface area contributed by atoms with Crippen LogP contribution in [-0.2, 0) is 6.54 Å². The number of rotatable bonds is 5. The summed E-state index contributed by atoms with van der Waals surface area (Å²) in [5, 5.41) is 5.75. The molecule has 0 bridgehead atoms. The molecule has 2 aromatic carbocycles. The Labute approximate surface area is 175 Å². The van der Waals surface area contributed by atoms with Crippen LogP contribution in [0.15, 0.2) is 69.8 Å². The average Bonchev–Trinajstić information content (AvgIpc) is 3.20. The van der Waals surface area contributed by atoms with Crippen molar-refractivity contribution in [2.45, 2.75) is 6.54 Å². The number of carbonyl (C=O) groups is 2. The lowest BCUT2D eigenvalue weighted by molar-refractivity contribution is 0.0996. The molecule has 8 heteroatoms. The minimum Gasteiger partial charge on any atom is -0.459 e. The van der Waals surface area contributed by atoms with Crippen molar-refractivity contribution in [3.8, 4) is 0 Å². The summed E-state index contributed by atoms with van der Waals surface area (Å²) < 4.78 is 6.03. The Morgan fingerprint density at radius 2 is 1.86 bits per heavy atom. The molecule has 0 aliphatic heterocycles. The van der Waals surface area contributed by atoms with Crippen LogP contribution in [0.5, 0.6) is 0 Å². The standard InChI is InChI=1S/C20H17BrClN3O3/c1-25(12-13-4-6-14(21)7-5-13)20(27)23-15-8-9-17(16(22)11-15)24-19(26)18-3-2-10-28-18/h2-11H,12H2,1H3,(H,23,27)(H,24,26). The smallest absolute Gasteiger partial charge is 0.321 e. The molecule has 0 fully saturated rings. The maximum absolute atomic E-state index is 12.4. The van der Waals surface area contributed by atoms with Crippen LogP contribution in [-0.4, -0.2) is 23.9 Å². The van der Waals surface area contributed by atoms with E-state index in [1.165, 1.54) is 6.26 Å². The summed E-state index contributed by atoms with van der Waals surface area (Å²) in [7, 11) is 1.71. The van der Waals surface area contributed by atoms with Gasteiger partial charge in [0.2, 0.25) is 0 Å². The first-order valence-corrected chi connectivity index (χ1v) is 9.50. The number of nitrogens with one attached hydrogen (secondary N) is 2. The second-order valence-electron chi connectivity index (χ2n) is 6.04. The van der Waals surface area contributed by atoms with Gasteiger partial charge in [-0.15, -0.1) is 0 Å². The molecule has 0 spiro atoms. The number of anilines is 2. The normalized spacial score (nSPS) is 10.4. The van der Waals surface area contributed by atoms with Gasteiger partial charge in [-0.1, -0.05) is 39.7 Å². The van der Waals surface area contributed by atoms with Crippen LogP contribution >= 0.6 is 27.5 Å². The highest BCUT2D eigenvalue weighted by molar-refractivity contribution is 9.10. The van der Waals surface area contributed by atoms with E-state index < -0.39 is 5.91 Å². The van der Waals surface area contributed by atoms with Gasteiger partial charge in [0.25, 0.3) is 5.91 Å². The van der Waals surface area contributed by atoms with Crippen LogP contribution in [0.2, 0.25) is 5.02 Å². The number of hydrogen-bond donors (Lipinski definition) is 2.